The number of fused-ring (bicyclic) bond motifs is 3. The predicted octanol–water partition coefficient (Wildman–Crippen LogP) is 4.54. The van der Waals surface area contributed by atoms with E-state index in [1.54, 1.807) is 0 Å². The number of hydrogen-bond donors (Lipinski definition) is 1. The van der Waals surface area contributed by atoms with E-state index >= 15 is 0 Å². The van der Waals surface area contributed by atoms with Crippen molar-refractivity contribution >= 4 is 17.1 Å². The second-order valence-electron chi connectivity index (χ2n) is 6.26. The van der Waals surface area contributed by atoms with Gasteiger partial charge in [0.1, 0.15) is 0 Å². The van der Waals surface area contributed by atoms with Crippen LogP contribution in [0, 0.1) is 5.92 Å². The van der Waals surface area contributed by atoms with E-state index in [9.17, 15) is 0 Å². The third kappa shape index (κ3) is 2.29. The molecule has 2 bridgehead atoms. The predicted molar refractivity (Wildman–Crippen MR) is 77.8 cm³/mol. The summed E-state index contributed by atoms with van der Waals surface area (Å²) in [6.45, 7) is 4.70. The van der Waals surface area contributed by atoms with Crippen LogP contribution in [0.4, 0.5) is 11.4 Å². The molecule has 0 amide bonds. The van der Waals surface area contributed by atoms with Crippen molar-refractivity contribution in [3.8, 4) is 0 Å². The number of para-hydroxylation sites is 2. The summed E-state index contributed by atoms with van der Waals surface area (Å²) in [6.07, 6.45) is 6.13. The molecule has 2 aliphatic rings. The monoisotopic (exact) mass is 242 g/mol. The lowest BCUT2D eigenvalue weighted by molar-refractivity contribution is 0.403. The maximum absolute atomic E-state index is 4.91. The van der Waals surface area contributed by atoms with Gasteiger partial charge in [-0.1, -0.05) is 31.9 Å². The fourth-order valence-electron chi connectivity index (χ4n) is 3.32. The number of hydrogen-bond acceptors (Lipinski definition) is 2. The Morgan fingerprint density at radius 1 is 1.33 bits per heavy atom. The highest BCUT2D eigenvalue weighted by atomic mass is 15.0. The van der Waals surface area contributed by atoms with Crippen LogP contribution in [0.15, 0.2) is 29.3 Å². The SMILES string of the molecule is C[C@@H]1CCC[C@]2(C)CC(=Nc3ccccc3N2)C1. The first kappa shape index (κ1) is 11.8. The molecule has 1 aliphatic carbocycles. The molecule has 1 aromatic rings. The summed E-state index contributed by atoms with van der Waals surface area (Å²) in [4.78, 5) is 4.91. The number of anilines is 1. The molecule has 0 saturated heterocycles. The van der Waals surface area contributed by atoms with Crippen LogP contribution in [0.1, 0.15) is 46.0 Å². The van der Waals surface area contributed by atoms with Gasteiger partial charge in [-0.15, -0.1) is 0 Å². The average Bonchev–Trinajstić information content (AvgIpc) is 2.43. The molecule has 0 unspecified atom stereocenters. The van der Waals surface area contributed by atoms with Crippen molar-refractivity contribution in [1.29, 1.82) is 0 Å². The number of nitrogens with one attached hydrogen (secondary N) is 1. The van der Waals surface area contributed by atoms with E-state index < -0.39 is 0 Å². The minimum atomic E-state index is 0.186. The normalized spacial score (nSPS) is 31.2. The molecular formula is C16H22N2. The van der Waals surface area contributed by atoms with E-state index in [2.05, 4.69) is 43.4 Å². The summed E-state index contributed by atoms with van der Waals surface area (Å²) in [5.41, 5.74) is 3.88. The van der Waals surface area contributed by atoms with Gasteiger partial charge in [0.15, 0.2) is 0 Å². The Bertz CT molecular complexity index is 478. The quantitative estimate of drug-likeness (QED) is 0.709. The molecule has 0 aromatic heterocycles. The summed E-state index contributed by atoms with van der Waals surface area (Å²) >= 11 is 0. The van der Waals surface area contributed by atoms with Crippen molar-refractivity contribution in [1.82, 2.24) is 0 Å². The maximum Gasteiger partial charge on any atom is 0.0860 e. The molecule has 1 N–H and O–H groups in total. The van der Waals surface area contributed by atoms with Crippen LogP contribution in [-0.2, 0) is 0 Å². The molecule has 1 heterocycles. The highest BCUT2D eigenvalue weighted by Crippen LogP contribution is 2.37. The summed E-state index contributed by atoms with van der Waals surface area (Å²) in [7, 11) is 0. The van der Waals surface area contributed by atoms with Crippen molar-refractivity contribution in [3.05, 3.63) is 24.3 Å². The minimum absolute atomic E-state index is 0.186. The van der Waals surface area contributed by atoms with Crippen molar-refractivity contribution in [3.63, 3.8) is 0 Å². The standard InChI is InChI=1S/C16H22N2/c1-12-6-5-9-16(2)11-13(10-12)17-14-7-3-4-8-15(14)18-16/h3-4,7-8,12,18H,5-6,9-11H2,1-2H3/t12-,16-/m1/s1. The molecule has 1 fully saturated rings. The smallest absolute Gasteiger partial charge is 0.0860 e. The number of benzene rings is 1. The second kappa shape index (κ2) is 4.42. The molecule has 2 atom stereocenters. The summed E-state index contributed by atoms with van der Waals surface area (Å²) < 4.78 is 0. The van der Waals surface area contributed by atoms with Crippen LogP contribution in [-0.4, -0.2) is 11.3 Å². The maximum atomic E-state index is 4.91. The Labute approximate surface area is 110 Å². The zero-order valence-corrected chi connectivity index (χ0v) is 11.4. The fourth-order valence-corrected chi connectivity index (χ4v) is 3.32. The van der Waals surface area contributed by atoms with Gasteiger partial charge in [0.05, 0.1) is 11.4 Å². The lowest BCUT2D eigenvalue weighted by Crippen LogP contribution is -2.37. The van der Waals surface area contributed by atoms with E-state index in [-0.39, 0.29) is 5.54 Å². The Hall–Kier alpha value is -1.31. The van der Waals surface area contributed by atoms with Crippen LogP contribution in [0.2, 0.25) is 0 Å². The second-order valence-corrected chi connectivity index (χ2v) is 6.26. The first-order valence-corrected chi connectivity index (χ1v) is 7.08. The van der Waals surface area contributed by atoms with Gasteiger partial charge in [0, 0.05) is 17.7 Å². The molecule has 0 spiro atoms. The van der Waals surface area contributed by atoms with Crippen LogP contribution in [0.25, 0.3) is 0 Å². The fraction of sp³-hybridized carbons (Fsp3) is 0.562. The molecule has 3 rings (SSSR count). The summed E-state index contributed by atoms with van der Waals surface area (Å²) in [5.74, 6) is 0.776. The van der Waals surface area contributed by atoms with Crippen molar-refractivity contribution < 1.29 is 0 Å². The zero-order chi connectivity index (χ0) is 12.6. The first-order valence-electron chi connectivity index (χ1n) is 7.08. The third-order valence-electron chi connectivity index (χ3n) is 4.22. The van der Waals surface area contributed by atoms with Gasteiger partial charge < -0.3 is 5.32 Å². The van der Waals surface area contributed by atoms with E-state index in [0.717, 1.165) is 24.4 Å². The number of aliphatic imine (C=N–C) groups is 1. The van der Waals surface area contributed by atoms with Gasteiger partial charge in [-0.2, -0.15) is 0 Å². The van der Waals surface area contributed by atoms with Gasteiger partial charge in [0.2, 0.25) is 0 Å². The molecule has 18 heavy (non-hydrogen) atoms. The van der Waals surface area contributed by atoms with E-state index in [1.807, 2.05) is 0 Å². The Morgan fingerprint density at radius 3 is 3.06 bits per heavy atom. The molecule has 1 saturated carbocycles. The van der Waals surface area contributed by atoms with Crippen molar-refractivity contribution in [2.45, 2.75) is 51.5 Å². The highest BCUT2D eigenvalue weighted by Gasteiger charge is 2.31. The van der Waals surface area contributed by atoms with Gasteiger partial charge in [-0.05, 0) is 37.8 Å². The molecule has 1 aromatic carbocycles. The van der Waals surface area contributed by atoms with Crippen molar-refractivity contribution in [2.24, 2.45) is 10.9 Å². The van der Waals surface area contributed by atoms with E-state index in [1.165, 1.54) is 30.7 Å². The van der Waals surface area contributed by atoms with Gasteiger partial charge in [0.25, 0.3) is 0 Å². The average molecular weight is 242 g/mol. The zero-order valence-electron chi connectivity index (χ0n) is 11.4. The molecule has 2 nitrogen and oxygen atoms in total. The topological polar surface area (TPSA) is 24.4 Å². The Balaban J connectivity index is 2.04. The van der Waals surface area contributed by atoms with Crippen LogP contribution in [0.3, 0.4) is 0 Å². The lowest BCUT2D eigenvalue weighted by Gasteiger charge is -2.33. The molecule has 0 radical (unpaired) electrons. The Morgan fingerprint density at radius 2 is 2.17 bits per heavy atom. The Kier molecular flexibility index (Phi) is 2.89. The highest BCUT2D eigenvalue weighted by molar-refractivity contribution is 5.91. The van der Waals surface area contributed by atoms with Gasteiger partial charge in [-0.3, -0.25) is 4.99 Å². The van der Waals surface area contributed by atoms with E-state index in [4.69, 9.17) is 4.99 Å². The van der Waals surface area contributed by atoms with Gasteiger partial charge >= 0.3 is 0 Å². The van der Waals surface area contributed by atoms with Crippen LogP contribution < -0.4 is 5.32 Å². The first-order chi connectivity index (χ1) is 8.65. The largest absolute Gasteiger partial charge is 0.378 e. The lowest BCUT2D eigenvalue weighted by atomic mass is 9.81. The molecule has 2 heteroatoms. The van der Waals surface area contributed by atoms with Crippen LogP contribution >= 0.6 is 0 Å². The van der Waals surface area contributed by atoms with E-state index in [0.29, 0.717) is 0 Å². The van der Waals surface area contributed by atoms with Crippen molar-refractivity contribution in [2.75, 3.05) is 5.32 Å². The van der Waals surface area contributed by atoms with Gasteiger partial charge in [-0.25, -0.2) is 0 Å². The number of rotatable bonds is 0. The van der Waals surface area contributed by atoms with Crippen LogP contribution in [0.5, 0.6) is 0 Å². The molecular weight excluding hydrogens is 220 g/mol. The summed E-state index contributed by atoms with van der Waals surface area (Å²) in [6, 6.07) is 8.44. The summed E-state index contributed by atoms with van der Waals surface area (Å²) in [5, 5.41) is 3.74. The molecule has 96 valence electrons. The molecule has 1 aliphatic heterocycles. The minimum Gasteiger partial charge on any atom is -0.378 e. The third-order valence-corrected chi connectivity index (χ3v) is 4.22. The number of nitrogens with zero attached hydrogens (tertiary/aromatic N) is 1.